The highest BCUT2D eigenvalue weighted by Crippen LogP contribution is 2.24. The van der Waals surface area contributed by atoms with Gasteiger partial charge in [-0.3, -0.25) is 14.4 Å². The van der Waals surface area contributed by atoms with Gasteiger partial charge in [-0.1, -0.05) is 0 Å². The molecule has 0 saturated carbocycles. The van der Waals surface area contributed by atoms with Gasteiger partial charge in [0.1, 0.15) is 5.69 Å². The number of nitrogens with zero attached hydrogens (tertiary/aromatic N) is 3. The lowest BCUT2D eigenvalue weighted by Crippen LogP contribution is -2.44. The molecule has 3 heterocycles. The second kappa shape index (κ2) is 6.22. The number of thiophene rings is 1. The molecule has 0 saturated heterocycles. The van der Waals surface area contributed by atoms with E-state index in [-0.39, 0.29) is 5.91 Å². The average molecular weight is 318 g/mol. The van der Waals surface area contributed by atoms with E-state index in [1.807, 2.05) is 24.3 Å². The van der Waals surface area contributed by atoms with E-state index in [4.69, 9.17) is 0 Å². The predicted octanol–water partition coefficient (Wildman–Crippen LogP) is 1.97. The molecule has 2 aromatic rings. The number of hydrogen-bond donors (Lipinski definition) is 1. The summed E-state index contributed by atoms with van der Waals surface area (Å²) in [5.74, 6) is -0.0526. The Morgan fingerprint density at radius 1 is 1.55 bits per heavy atom. The summed E-state index contributed by atoms with van der Waals surface area (Å²) in [6.07, 6.45) is 1.12. The summed E-state index contributed by atoms with van der Waals surface area (Å²) in [5, 5.41) is 9.42. The van der Waals surface area contributed by atoms with Crippen LogP contribution in [0.3, 0.4) is 0 Å². The SMILES string of the molecule is Cc1cc(C(=O)NCC(C)N2CCc3sccc3C2)n(C)n1. The summed E-state index contributed by atoms with van der Waals surface area (Å²) in [6.45, 7) is 6.77. The zero-order valence-electron chi connectivity index (χ0n) is 13.3. The van der Waals surface area contributed by atoms with Gasteiger partial charge in [0, 0.05) is 37.6 Å². The molecular formula is C16H22N4OS. The molecule has 1 N–H and O–H groups in total. The van der Waals surface area contributed by atoms with Gasteiger partial charge in [0.15, 0.2) is 0 Å². The third-order valence-corrected chi connectivity index (χ3v) is 5.28. The maximum absolute atomic E-state index is 12.2. The molecule has 5 nitrogen and oxygen atoms in total. The van der Waals surface area contributed by atoms with Crippen LogP contribution in [0.2, 0.25) is 0 Å². The quantitative estimate of drug-likeness (QED) is 0.937. The Hall–Kier alpha value is -1.66. The molecule has 0 spiro atoms. The lowest BCUT2D eigenvalue weighted by Gasteiger charge is -2.32. The van der Waals surface area contributed by atoms with Gasteiger partial charge in [-0.25, -0.2) is 0 Å². The van der Waals surface area contributed by atoms with E-state index in [0.717, 1.165) is 25.2 Å². The van der Waals surface area contributed by atoms with Crippen molar-refractivity contribution in [2.24, 2.45) is 7.05 Å². The first-order chi connectivity index (χ1) is 10.5. The van der Waals surface area contributed by atoms with Crippen molar-refractivity contribution in [3.8, 4) is 0 Å². The van der Waals surface area contributed by atoms with Crippen molar-refractivity contribution < 1.29 is 4.79 Å². The third kappa shape index (κ3) is 3.08. The molecule has 1 unspecified atom stereocenters. The second-order valence-electron chi connectivity index (χ2n) is 5.94. The molecule has 1 aliphatic heterocycles. The van der Waals surface area contributed by atoms with E-state index in [9.17, 15) is 4.79 Å². The van der Waals surface area contributed by atoms with Gasteiger partial charge >= 0.3 is 0 Å². The Morgan fingerprint density at radius 3 is 3.09 bits per heavy atom. The number of aromatic nitrogens is 2. The van der Waals surface area contributed by atoms with Crippen LogP contribution in [0.5, 0.6) is 0 Å². The maximum atomic E-state index is 12.2. The predicted molar refractivity (Wildman–Crippen MR) is 88.2 cm³/mol. The van der Waals surface area contributed by atoms with Crippen LogP contribution in [0, 0.1) is 6.92 Å². The number of carbonyl (C=O) groups excluding carboxylic acids is 1. The Balaban J connectivity index is 1.55. The van der Waals surface area contributed by atoms with Crippen LogP contribution in [-0.2, 0) is 20.0 Å². The number of rotatable bonds is 4. The van der Waals surface area contributed by atoms with Crippen LogP contribution in [-0.4, -0.2) is 39.7 Å². The van der Waals surface area contributed by atoms with Crippen LogP contribution in [0.25, 0.3) is 0 Å². The molecule has 0 bridgehead atoms. The van der Waals surface area contributed by atoms with Crippen molar-refractivity contribution in [3.63, 3.8) is 0 Å². The lowest BCUT2D eigenvalue weighted by molar-refractivity contribution is 0.0923. The monoisotopic (exact) mass is 318 g/mol. The first-order valence-corrected chi connectivity index (χ1v) is 8.50. The highest BCUT2D eigenvalue weighted by Gasteiger charge is 2.22. The van der Waals surface area contributed by atoms with Crippen LogP contribution in [0.4, 0.5) is 0 Å². The topological polar surface area (TPSA) is 50.2 Å². The smallest absolute Gasteiger partial charge is 0.269 e. The Kier molecular flexibility index (Phi) is 4.31. The largest absolute Gasteiger partial charge is 0.349 e. The number of amides is 1. The molecule has 0 aromatic carbocycles. The van der Waals surface area contributed by atoms with Gasteiger partial charge in [-0.2, -0.15) is 5.10 Å². The summed E-state index contributed by atoms with van der Waals surface area (Å²) in [6, 6.07) is 4.36. The van der Waals surface area contributed by atoms with Gasteiger partial charge in [0.25, 0.3) is 5.91 Å². The van der Waals surface area contributed by atoms with Crippen LogP contribution >= 0.6 is 11.3 Å². The van der Waals surface area contributed by atoms with Gasteiger partial charge in [-0.15, -0.1) is 11.3 Å². The fourth-order valence-corrected chi connectivity index (χ4v) is 3.82. The molecule has 6 heteroatoms. The summed E-state index contributed by atoms with van der Waals surface area (Å²) in [4.78, 5) is 16.2. The van der Waals surface area contributed by atoms with Crippen molar-refractivity contribution >= 4 is 17.2 Å². The number of nitrogens with one attached hydrogen (secondary N) is 1. The highest BCUT2D eigenvalue weighted by atomic mass is 32.1. The molecule has 1 amide bonds. The molecule has 0 aliphatic carbocycles. The fourth-order valence-electron chi connectivity index (χ4n) is 2.93. The molecular weight excluding hydrogens is 296 g/mol. The first kappa shape index (κ1) is 15.2. The number of carbonyl (C=O) groups is 1. The molecule has 0 fully saturated rings. The van der Waals surface area contributed by atoms with Crippen molar-refractivity contribution in [2.75, 3.05) is 13.1 Å². The Bertz CT molecular complexity index is 675. The number of hydrogen-bond acceptors (Lipinski definition) is 4. The summed E-state index contributed by atoms with van der Waals surface area (Å²) in [5.41, 5.74) is 2.92. The summed E-state index contributed by atoms with van der Waals surface area (Å²) >= 11 is 1.85. The van der Waals surface area contributed by atoms with Crippen molar-refractivity contribution in [1.29, 1.82) is 0 Å². The second-order valence-corrected chi connectivity index (χ2v) is 6.94. The molecule has 0 radical (unpaired) electrons. The zero-order valence-corrected chi connectivity index (χ0v) is 14.1. The normalized spacial score (nSPS) is 16.3. The number of aryl methyl sites for hydroxylation is 2. The summed E-state index contributed by atoms with van der Waals surface area (Å²) in [7, 11) is 1.80. The third-order valence-electron chi connectivity index (χ3n) is 4.25. The maximum Gasteiger partial charge on any atom is 0.269 e. The van der Waals surface area contributed by atoms with Crippen LogP contribution in [0.1, 0.15) is 33.5 Å². The minimum atomic E-state index is -0.0526. The van der Waals surface area contributed by atoms with Gasteiger partial charge in [0.2, 0.25) is 0 Å². The average Bonchev–Trinajstić information content (AvgIpc) is 3.09. The van der Waals surface area contributed by atoms with E-state index in [2.05, 4.69) is 33.7 Å². The Labute approximate surface area is 134 Å². The molecule has 118 valence electrons. The lowest BCUT2D eigenvalue weighted by atomic mass is 10.1. The zero-order chi connectivity index (χ0) is 15.7. The van der Waals surface area contributed by atoms with E-state index in [1.165, 1.54) is 10.4 Å². The van der Waals surface area contributed by atoms with Crippen LogP contribution in [0.15, 0.2) is 17.5 Å². The minimum Gasteiger partial charge on any atom is -0.349 e. The van der Waals surface area contributed by atoms with E-state index < -0.39 is 0 Å². The first-order valence-electron chi connectivity index (χ1n) is 7.62. The van der Waals surface area contributed by atoms with Gasteiger partial charge in [-0.05, 0) is 43.3 Å². The van der Waals surface area contributed by atoms with Gasteiger partial charge < -0.3 is 5.32 Å². The Morgan fingerprint density at radius 2 is 2.36 bits per heavy atom. The molecule has 3 rings (SSSR count). The van der Waals surface area contributed by atoms with Crippen molar-refractivity contribution in [2.45, 2.75) is 32.9 Å². The summed E-state index contributed by atoms with van der Waals surface area (Å²) < 4.78 is 1.63. The van der Waals surface area contributed by atoms with Gasteiger partial charge in [0.05, 0.1) is 5.69 Å². The van der Waals surface area contributed by atoms with Crippen molar-refractivity contribution in [1.82, 2.24) is 20.0 Å². The molecule has 2 aromatic heterocycles. The molecule has 1 aliphatic rings. The van der Waals surface area contributed by atoms with E-state index in [1.54, 1.807) is 11.7 Å². The molecule has 22 heavy (non-hydrogen) atoms. The highest BCUT2D eigenvalue weighted by molar-refractivity contribution is 7.10. The molecule has 1 atom stereocenters. The standard InChI is InChI=1S/C16H22N4OS/c1-11-8-14(19(3)18-11)16(21)17-9-12(2)20-6-4-15-13(10-20)5-7-22-15/h5,7-8,12H,4,6,9-10H2,1-3H3,(H,17,21). The fraction of sp³-hybridized carbons (Fsp3) is 0.500. The van der Waals surface area contributed by atoms with E-state index in [0.29, 0.717) is 18.3 Å². The van der Waals surface area contributed by atoms with Crippen LogP contribution < -0.4 is 5.32 Å². The van der Waals surface area contributed by atoms with Crippen molar-refractivity contribution in [3.05, 3.63) is 39.3 Å². The number of fused-ring (bicyclic) bond motifs is 1. The minimum absolute atomic E-state index is 0.0526. The van der Waals surface area contributed by atoms with E-state index >= 15 is 0 Å².